The number of anilines is 1. The Kier molecular flexibility index (Phi) is 3.94. The maximum atomic E-state index is 11.9. The van der Waals surface area contributed by atoms with Gasteiger partial charge in [-0.05, 0) is 6.07 Å². The number of carboxylic acid groups (broad SMARTS) is 1. The number of carboxylic acids is 1. The Morgan fingerprint density at radius 3 is 2.90 bits per heavy atom. The topological polar surface area (TPSA) is 111 Å². The lowest BCUT2D eigenvalue weighted by Gasteiger charge is -2.16. The van der Waals surface area contributed by atoms with E-state index in [9.17, 15) is 9.59 Å². The van der Waals surface area contributed by atoms with Gasteiger partial charge >= 0.3 is 12.0 Å². The van der Waals surface area contributed by atoms with Crippen LogP contribution in [0.5, 0.6) is 0 Å². The molecule has 8 heteroatoms. The summed E-state index contributed by atoms with van der Waals surface area (Å²) in [4.78, 5) is 34.8. The molecular formula is C12H13N5O3. The van der Waals surface area contributed by atoms with E-state index in [-0.39, 0.29) is 11.6 Å². The van der Waals surface area contributed by atoms with E-state index in [0.29, 0.717) is 18.1 Å². The SMILES string of the molecule is CN(Cc1ncc[nH]1)C(=O)Nc1cncc(C(=O)O)c1. The van der Waals surface area contributed by atoms with Crippen molar-refractivity contribution in [2.75, 3.05) is 12.4 Å². The second-order valence-electron chi connectivity index (χ2n) is 4.09. The molecule has 0 atom stereocenters. The maximum absolute atomic E-state index is 11.9. The number of pyridine rings is 1. The van der Waals surface area contributed by atoms with Crippen molar-refractivity contribution < 1.29 is 14.7 Å². The molecule has 0 aliphatic heterocycles. The van der Waals surface area contributed by atoms with Crippen LogP contribution >= 0.6 is 0 Å². The highest BCUT2D eigenvalue weighted by Gasteiger charge is 2.12. The van der Waals surface area contributed by atoms with Crippen LogP contribution in [0.3, 0.4) is 0 Å². The number of amides is 2. The highest BCUT2D eigenvalue weighted by Crippen LogP contribution is 2.09. The molecule has 2 amide bonds. The van der Waals surface area contributed by atoms with Crippen LogP contribution in [0.25, 0.3) is 0 Å². The van der Waals surface area contributed by atoms with Gasteiger partial charge in [0.25, 0.3) is 0 Å². The monoisotopic (exact) mass is 275 g/mol. The third kappa shape index (κ3) is 3.31. The Balaban J connectivity index is 2.00. The van der Waals surface area contributed by atoms with Crippen LogP contribution in [-0.2, 0) is 6.54 Å². The molecule has 8 nitrogen and oxygen atoms in total. The van der Waals surface area contributed by atoms with E-state index in [2.05, 4.69) is 20.3 Å². The fraction of sp³-hybridized carbons (Fsp3) is 0.167. The van der Waals surface area contributed by atoms with Crippen LogP contribution in [0, 0.1) is 0 Å². The van der Waals surface area contributed by atoms with Crippen LogP contribution in [0.2, 0.25) is 0 Å². The summed E-state index contributed by atoms with van der Waals surface area (Å²) in [5.41, 5.74) is 0.331. The summed E-state index contributed by atoms with van der Waals surface area (Å²) in [7, 11) is 1.60. The molecule has 0 saturated heterocycles. The molecule has 0 spiro atoms. The summed E-state index contributed by atoms with van der Waals surface area (Å²) in [6.45, 7) is 0.310. The van der Waals surface area contributed by atoms with Crippen LogP contribution < -0.4 is 5.32 Å². The molecule has 20 heavy (non-hydrogen) atoms. The van der Waals surface area contributed by atoms with Crippen molar-refractivity contribution in [3.05, 3.63) is 42.2 Å². The van der Waals surface area contributed by atoms with Gasteiger partial charge in [0.2, 0.25) is 0 Å². The number of hydrogen-bond acceptors (Lipinski definition) is 4. The van der Waals surface area contributed by atoms with Gasteiger partial charge in [-0.3, -0.25) is 4.98 Å². The van der Waals surface area contributed by atoms with Gasteiger partial charge in [0.1, 0.15) is 5.82 Å². The summed E-state index contributed by atoms with van der Waals surface area (Å²) in [5.74, 6) is -0.447. The van der Waals surface area contributed by atoms with E-state index >= 15 is 0 Å². The van der Waals surface area contributed by atoms with E-state index < -0.39 is 5.97 Å². The van der Waals surface area contributed by atoms with Gasteiger partial charge in [0.15, 0.2) is 0 Å². The van der Waals surface area contributed by atoms with Crippen molar-refractivity contribution in [1.82, 2.24) is 19.9 Å². The van der Waals surface area contributed by atoms with Crippen LogP contribution in [0.4, 0.5) is 10.5 Å². The number of aromatic nitrogens is 3. The van der Waals surface area contributed by atoms with Gasteiger partial charge in [-0.2, -0.15) is 0 Å². The number of H-pyrrole nitrogens is 1. The molecule has 2 heterocycles. The zero-order valence-corrected chi connectivity index (χ0v) is 10.7. The Bertz CT molecular complexity index is 611. The van der Waals surface area contributed by atoms with Crippen molar-refractivity contribution in [3.8, 4) is 0 Å². The quantitative estimate of drug-likeness (QED) is 0.775. The second kappa shape index (κ2) is 5.83. The summed E-state index contributed by atoms with van der Waals surface area (Å²) >= 11 is 0. The van der Waals surface area contributed by atoms with E-state index in [1.54, 1.807) is 19.4 Å². The second-order valence-corrected chi connectivity index (χ2v) is 4.09. The minimum atomic E-state index is -1.10. The van der Waals surface area contributed by atoms with Crippen molar-refractivity contribution >= 4 is 17.7 Å². The highest BCUT2D eigenvalue weighted by atomic mass is 16.4. The third-order valence-electron chi connectivity index (χ3n) is 2.52. The normalized spacial score (nSPS) is 10.1. The summed E-state index contributed by atoms with van der Waals surface area (Å²) in [5, 5.41) is 11.4. The van der Waals surface area contributed by atoms with Crippen LogP contribution in [0.1, 0.15) is 16.2 Å². The van der Waals surface area contributed by atoms with E-state index in [4.69, 9.17) is 5.11 Å². The number of urea groups is 1. The molecule has 2 rings (SSSR count). The Morgan fingerprint density at radius 1 is 1.45 bits per heavy atom. The molecule has 104 valence electrons. The van der Waals surface area contributed by atoms with E-state index in [0.717, 1.165) is 0 Å². The average Bonchev–Trinajstić information content (AvgIpc) is 2.91. The van der Waals surface area contributed by atoms with Gasteiger partial charge in [-0.15, -0.1) is 0 Å². The fourth-order valence-electron chi connectivity index (χ4n) is 1.53. The summed E-state index contributed by atoms with van der Waals surface area (Å²) < 4.78 is 0. The lowest BCUT2D eigenvalue weighted by molar-refractivity contribution is 0.0696. The highest BCUT2D eigenvalue weighted by molar-refractivity contribution is 5.92. The lowest BCUT2D eigenvalue weighted by atomic mass is 10.2. The smallest absolute Gasteiger partial charge is 0.337 e. The fourth-order valence-corrected chi connectivity index (χ4v) is 1.53. The molecule has 3 N–H and O–H groups in total. The van der Waals surface area contributed by atoms with Crippen molar-refractivity contribution in [1.29, 1.82) is 0 Å². The number of carbonyl (C=O) groups is 2. The molecule has 0 bridgehead atoms. The molecule has 2 aromatic heterocycles. The standard InChI is InChI=1S/C12H13N5O3/c1-17(7-10-14-2-3-15-10)12(20)16-9-4-8(11(18)19)5-13-6-9/h2-6H,7H2,1H3,(H,14,15)(H,16,20)(H,18,19). The van der Waals surface area contributed by atoms with Crippen molar-refractivity contribution in [2.45, 2.75) is 6.54 Å². The van der Waals surface area contributed by atoms with Gasteiger partial charge in [0, 0.05) is 25.6 Å². The number of hydrogen-bond donors (Lipinski definition) is 3. The first-order valence-corrected chi connectivity index (χ1v) is 5.75. The van der Waals surface area contributed by atoms with E-state index in [1.165, 1.54) is 23.4 Å². The molecule has 0 fully saturated rings. The number of rotatable bonds is 4. The minimum Gasteiger partial charge on any atom is -0.478 e. The molecule has 0 aromatic carbocycles. The molecule has 0 aliphatic rings. The number of nitrogens with one attached hydrogen (secondary N) is 2. The first kappa shape index (κ1) is 13.5. The zero-order valence-electron chi connectivity index (χ0n) is 10.7. The van der Waals surface area contributed by atoms with Crippen molar-refractivity contribution in [2.24, 2.45) is 0 Å². The van der Waals surface area contributed by atoms with Gasteiger partial charge in [-0.1, -0.05) is 0 Å². The molecule has 2 aromatic rings. The third-order valence-corrected chi connectivity index (χ3v) is 2.52. The number of carbonyl (C=O) groups excluding carboxylic acids is 1. The zero-order chi connectivity index (χ0) is 14.5. The maximum Gasteiger partial charge on any atom is 0.337 e. The largest absolute Gasteiger partial charge is 0.478 e. The molecule has 0 aliphatic carbocycles. The van der Waals surface area contributed by atoms with E-state index in [1.807, 2.05) is 0 Å². The average molecular weight is 275 g/mol. The predicted molar refractivity (Wildman–Crippen MR) is 70.3 cm³/mol. The van der Waals surface area contributed by atoms with Crippen LogP contribution in [0.15, 0.2) is 30.9 Å². The Hall–Kier alpha value is -2.90. The number of nitrogens with zero attached hydrogens (tertiary/aromatic N) is 3. The first-order valence-electron chi connectivity index (χ1n) is 5.75. The number of aromatic carboxylic acids is 1. The first-order chi connectivity index (χ1) is 9.56. The Labute approximate surface area is 114 Å². The predicted octanol–water partition coefficient (Wildman–Crippen LogP) is 1.17. The van der Waals surface area contributed by atoms with Crippen molar-refractivity contribution in [3.63, 3.8) is 0 Å². The molecule has 0 saturated carbocycles. The van der Waals surface area contributed by atoms with Gasteiger partial charge < -0.3 is 20.3 Å². The Morgan fingerprint density at radius 2 is 2.25 bits per heavy atom. The molecule has 0 unspecified atom stereocenters. The van der Waals surface area contributed by atoms with Gasteiger partial charge in [0.05, 0.1) is 24.0 Å². The van der Waals surface area contributed by atoms with Gasteiger partial charge in [-0.25, -0.2) is 14.6 Å². The number of imidazole rings is 1. The minimum absolute atomic E-state index is 0.0106. The lowest BCUT2D eigenvalue weighted by Crippen LogP contribution is -2.31. The summed E-state index contributed by atoms with van der Waals surface area (Å²) in [6.07, 6.45) is 5.86. The van der Waals surface area contributed by atoms with Crippen LogP contribution in [-0.4, -0.2) is 44.0 Å². The molecule has 0 radical (unpaired) electrons. The molecular weight excluding hydrogens is 262 g/mol. The number of aromatic amines is 1. The summed E-state index contributed by atoms with van der Waals surface area (Å²) in [6, 6.07) is 0.958.